The van der Waals surface area contributed by atoms with Gasteiger partial charge >= 0.3 is 0 Å². The Morgan fingerprint density at radius 1 is 0.390 bits per heavy atom. The summed E-state index contributed by atoms with van der Waals surface area (Å²) in [7, 11) is 5.24. The minimum Gasteiger partial charge on any atom is -0.496 e. The van der Waals surface area contributed by atoms with Gasteiger partial charge in [-0.2, -0.15) is 0 Å². The maximum atomic E-state index is 5.92. The van der Waals surface area contributed by atoms with Gasteiger partial charge in [0, 0.05) is 5.41 Å². The summed E-state index contributed by atoms with van der Waals surface area (Å²) in [6.45, 7) is 17.5. The second-order valence-corrected chi connectivity index (χ2v) is 21.2. The minimum atomic E-state index is -0.955. The quantitative estimate of drug-likeness (QED) is 0.129. The molecule has 0 amide bonds. The van der Waals surface area contributed by atoms with Crippen LogP contribution in [-0.2, 0) is 18.3 Å². The van der Waals surface area contributed by atoms with Gasteiger partial charge in [-0.15, -0.1) is 0 Å². The highest BCUT2D eigenvalue weighted by atomic mass is 31.1. The number of methoxy groups -OCH3 is 4. The van der Waals surface area contributed by atoms with Gasteiger partial charge in [-0.05, 0) is 244 Å². The molecule has 0 aliphatic heterocycles. The lowest BCUT2D eigenvalue weighted by molar-refractivity contribution is 0.408. The predicted octanol–water partition coefficient (Wildman–Crippen LogP) is 9.88. The third-order valence-electron chi connectivity index (χ3n) is 13.0. The third-order valence-corrected chi connectivity index (χ3v) is 17.8. The Morgan fingerprint density at radius 3 is 0.881 bits per heavy atom. The Labute approximate surface area is 354 Å². The normalized spacial score (nSPS) is 13.9. The van der Waals surface area contributed by atoms with E-state index >= 15 is 0 Å². The van der Waals surface area contributed by atoms with E-state index in [9.17, 15) is 0 Å². The molecular weight excluding hydrogens is 763 g/mol. The number of ether oxygens (including phenoxy) is 4. The number of aryl methyl sites for hydroxylation is 10. The van der Waals surface area contributed by atoms with Crippen LogP contribution < -0.4 is 50.8 Å². The average Bonchev–Trinajstić information content (AvgIpc) is 3.76. The molecule has 0 saturated heterocycles. The van der Waals surface area contributed by atoms with Crippen LogP contribution in [0.1, 0.15) is 79.6 Å². The lowest BCUT2D eigenvalue weighted by Gasteiger charge is -2.35. The molecule has 0 N–H and O–H groups in total. The van der Waals surface area contributed by atoms with Crippen LogP contribution in [0.15, 0.2) is 84.9 Å². The van der Waals surface area contributed by atoms with Crippen molar-refractivity contribution in [3.8, 4) is 23.0 Å². The first kappa shape index (κ1) is 41.1. The van der Waals surface area contributed by atoms with Gasteiger partial charge in [-0.1, -0.05) is 36.4 Å². The fraction of sp³-hybridized carbons (Fsp3) is 0.321. The summed E-state index contributed by atoms with van der Waals surface area (Å²) < 4.78 is 23.7. The van der Waals surface area contributed by atoms with Crippen LogP contribution in [0.25, 0.3) is 0 Å². The van der Waals surface area contributed by atoms with E-state index in [1.165, 1.54) is 87.5 Å². The molecule has 59 heavy (non-hydrogen) atoms. The summed E-state index contributed by atoms with van der Waals surface area (Å²) in [5, 5.41) is 8.38. The third kappa shape index (κ3) is 6.85. The Balaban J connectivity index is 1.41. The van der Waals surface area contributed by atoms with Gasteiger partial charge in [0.15, 0.2) is 0 Å². The summed E-state index contributed by atoms with van der Waals surface area (Å²) in [6.07, 6.45) is 4.36. The molecular formula is C53H58O4P2. The Bertz CT molecular complexity index is 2230. The number of fused-ring (bicyclic) bond motifs is 4. The van der Waals surface area contributed by atoms with Gasteiger partial charge < -0.3 is 18.9 Å². The van der Waals surface area contributed by atoms with Crippen molar-refractivity contribution in [3.05, 3.63) is 152 Å². The van der Waals surface area contributed by atoms with Gasteiger partial charge in [-0.25, -0.2) is 0 Å². The minimum absolute atomic E-state index is 0.112. The largest absolute Gasteiger partial charge is 0.496 e. The SMILES string of the molecule is COc1c(C)cc(P(c2cc(C)c(OC)c(C)c2)c2cccc3c2C2(CC3)CCc3cccc(P(c4cc(C)c(OC)c(C)c4)c4cc(C)c(OC)c(C)c4)c32)cc1C. The van der Waals surface area contributed by atoms with Gasteiger partial charge in [-0.3, -0.25) is 0 Å². The molecule has 8 rings (SSSR count). The molecule has 0 unspecified atom stereocenters. The molecule has 0 saturated carbocycles. The molecule has 6 aromatic rings. The summed E-state index contributed by atoms with van der Waals surface area (Å²) in [6, 6.07) is 33.6. The number of hydrogen-bond acceptors (Lipinski definition) is 4. The monoisotopic (exact) mass is 820 g/mol. The zero-order chi connectivity index (χ0) is 41.9. The van der Waals surface area contributed by atoms with E-state index in [0.29, 0.717) is 0 Å². The second kappa shape index (κ2) is 16.1. The zero-order valence-corrected chi connectivity index (χ0v) is 38.7. The van der Waals surface area contributed by atoms with Crippen molar-refractivity contribution in [2.24, 2.45) is 0 Å². The van der Waals surface area contributed by atoms with E-state index < -0.39 is 15.8 Å². The molecule has 0 fully saturated rings. The van der Waals surface area contributed by atoms with E-state index in [1.807, 2.05) is 0 Å². The average molecular weight is 821 g/mol. The van der Waals surface area contributed by atoms with E-state index in [1.54, 1.807) is 39.6 Å². The second-order valence-electron chi connectivity index (χ2n) is 16.8. The fourth-order valence-corrected chi connectivity index (χ4v) is 16.8. The highest BCUT2D eigenvalue weighted by molar-refractivity contribution is 7.80. The molecule has 0 heterocycles. The molecule has 2 aliphatic carbocycles. The number of benzene rings is 6. The van der Waals surface area contributed by atoms with Crippen LogP contribution in [0.2, 0.25) is 0 Å². The first-order chi connectivity index (χ1) is 28.3. The Morgan fingerprint density at radius 2 is 0.644 bits per heavy atom. The number of hydrogen-bond donors (Lipinski definition) is 0. The Hall–Kier alpha value is -4.62. The Kier molecular flexibility index (Phi) is 11.2. The highest BCUT2D eigenvalue weighted by Gasteiger charge is 2.49. The maximum Gasteiger partial charge on any atom is 0.124 e. The van der Waals surface area contributed by atoms with Crippen molar-refractivity contribution >= 4 is 47.7 Å². The standard InChI is InChI=1S/C53H58O4P2/c1-31-23-41(24-32(2)49(31)54-9)58(42-25-33(3)50(55-10)34(4)26-42)45-17-13-15-39-19-21-53(47(39)45)22-20-40-16-14-18-46(48(40)53)59(43-27-35(5)51(56-11)36(6)28-43)44-29-37(7)52(57-12)38(8)30-44/h13-18,23-30H,19-22H2,1-12H3. The molecule has 1 spiro atoms. The molecule has 0 bridgehead atoms. The molecule has 6 heteroatoms. The summed E-state index contributed by atoms with van der Waals surface area (Å²) in [5.74, 6) is 3.88. The molecule has 0 radical (unpaired) electrons. The fourth-order valence-electron chi connectivity index (χ4n) is 10.9. The maximum absolute atomic E-state index is 5.92. The summed E-state index contributed by atoms with van der Waals surface area (Å²) in [5.41, 5.74) is 15.4. The molecule has 6 aromatic carbocycles. The van der Waals surface area contributed by atoms with Crippen LogP contribution in [0.5, 0.6) is 23.0 Å². The van der Waals surface area contributed by atoms with Crippen molar-refractivity contribution in [3.63, 3.8) is 0 Å². The predicted molar refractivity (Wildman–Crippen MR) is 252 cm³/mol. The summed E-state index contributed by atoms with van der Waals surface area (Å²) in [4.78, 5) is 0. The van der Waals surface area contributed by atoms with Gasteiger partial charge in [0.1, 0.15) is 23.0 Å². The molecule has 304 valence electrons. The van der Waals surface area contributed by atoms with Gasteiger partial charge in [0.25, 0.3) is 0 Å². The van der Waals surface area contributed by atoms with Gasteiger partial charge in [0.05, 0.1) is 28.4 Å². The van der Waals surface area contributed by atoms with E-state index in [2.05, 4.69) is 140 Å². The number of rotatable bonds is 10. The van der Waals surface area contributed by atoms with Crippen LogP contribution in [0.4, 0.5) is 0 Å². The van der Waals surface area contributed by atoms with Crippen molar-refractivity contribution < 1.29 is 18.9 Å². The van der Waals surface area contributed by atoms with E-state index in [4.69, 9.17) is 18.9 Å². The van der Waals surface area contributed by atoms with Gasteiger partial charge in [0.2, 0.25) is 0 Å². The topological polar surface area (TPSA) is 36.9 Å². The first-order valence-corrected chi connectivity index (χ1v) is 23.5. The van der Waals surface area contributed by atoms with Crippen molar-refractivity contribution in [1.82, 2.24) is 0 Å². The van der Waals surface area contributed by atoms with Crippen LogP contribution in [0, 0.1) is 55.4 Å². The lowest BCUT2D eigenvalue weighted by atomic mass is 9.76. The van der Waals surface area contributed by atoms with Crippen molar-refractivity contribution in [1.29, 1.82) is 0 Å². The smallest absolute Gasteiger partial charge is 0.124 e. The molecule has 0 atom stereocenters. The molecule has 2 aliphatic rings. The zero-order valence-electron chi connectivity index (χ0n) is 36.9. The van der Waals surface area contributed by atoms with E-state index in [0.717, 1.165) is 48.7 Å². The van der Waals surface area contributed by atoms with Crippen molar-refractivity contribution in [2.75, 3.05) is 28.4 Å². The van der Waals surface area contributed by atoms with Crippen LogP contribution in [-0.4, -0.2) is 28.4 Å². The van der Waals surface area contributed by atoms with Crippen LogP contribution >= 0.6 is 15.8 Å². The summed E-state index contributed by atoms with van der Waals surface area (Å²) >= 11 is 0. The molecule has 0 aromatic heterocycles. The highest BCUT2D eigenvalue weighted by Crippen LogP contribution is 2.56. The lowest BCUT2D eigenvalue weighted by Crippen LogP contribution is -2.36. The van der Waals surface area contributed by atoms with Crippen molar-refractivity contribution in [2.45, 2.75) is 86.5 Å². The first-order valence-electron chi connectivity index (χ1n) is 20.8. The van der Waals surface area contributed by atoms with E-state index in [-0.39, 0.29) is 5.41 Å². The molecule has 4 nitrogen and oxygen atoms in total. The van der Waals surface area contributed by atoms with Crippen LogP contribution in [0.3, 0.4) is 0 Å².